The molecular formula is C26H19N5OS2. The zero-order valence-corrected chi connectivity index (χ0v) is 19.6. The third kappa shape index (κ3) is 4.79. The summed E-state index contributed by atoms with van der Waals surface area (Å²) in [6.07, 6.45) is 0.217. The van der Waals surface area contributed by atoms with Crippen LogP contribution in [0.1, 0.15) is 17.5 Å². The molecule has 4 aromatic rings. The van der Waals surface area contributed by atoms with Gasteiger partial charge in [0.1, 0.15) is 28.5 Å². The fraction of sp³-hybridized carbons (Fsp3) is 0.0769. The molecule has 2 heterocycles. The van der Waals surface area contributed by atoms with Crippen molar-refractivity contribution in [1.29, 1.82) is 10.5 Å². The van der Waals surface area contributed by atoms with E-state index < -0.39 is 0 Å². The number of benzene rings is 2. The molecule has 6 nitrogen and oxygen atoms in total. The van der Waals surface area contributed by atoms with E-state index in [0.717, 1.165) is 16.9 Å². The third-order valence-electron chi connectivity index (χ3n) is 5.06. The van der Waals surface area contributed by atoms with Gasteiger partial charge in [-0.2, -0.15) is 21.9 Å². The summed E-state index contributed by atoms with van der Waals surface area (Å²) >= 11 is 2.75. The maximum absolute atomic E-state index is 13.3. The lowest BCUT2D eigenvalue weighted by molar-refractivity contribution is -0.117. The number of rotatable bonds is 7. The quantitative estimate of drug-likeness (QED) is 0.325. The van der Waals surface area contributed by atoms with E-state index in [9.17, 15) is 15.3 Å². The molecular weight excluding hydrogens is 462 g/mol. The van der Waals surface area contributed by atoms with E-state index >= 15 is 0 Å². The van der Waals surface area contributed by atoms with Crippen LogP contribution < -0.4 is 10.6 Å². The molecule has 0 fully saturated rings. The second-order valence-electron chi connectivity index (χ2n) is 7.16. The molecule has 0 aliphatic heterocycles. The number of amides is 1. The van der Waals surface area contributed by atoms with Crippen LogP contribution in [-0.4, -0.2) is 16.6 Å². The molecule has 2 N–H and O–H groups in total. The number of nitrogens with two attached hydrogens (primary N) is 1. The fourth-order valence-electron chi connectivity index (χ4n) is 3.54. The van der Waals surface area contributed by atoms with E-state index in [1.165, 1.54) is 23.1 Å². The highest BCUT2D eigenvalue weighted by molar-refractivity contribution is 7.99. The molecule has 0 unspecified atom stereocenters. The summed E-state index contributed by atoms with van der Waals surface area (Å²) in [4.78, 5) is 19.3. The molecule has 34 heavy (non-hydrogen) atoms. The van der Waals surface area contributed by atoms with Crippen molar-refractivity contribution >= 4 is 46.2 Å². The fourth-order valence-corrected chi connectivity index (χ4v) is 5.11. The number of hydrogen-bond donors (Lipinski definition) is 1. The monoisotopic (exact) mass is 481 g/mol. The Labute approximate surface area is 205 Å². The van der Waals surface area contributed by atoms with Crippen molar-refractivity contribution in [3.05, 3.63) is 88.6 Å². The van der Waals surface area contributed by atoms with Gasteiger partial charge in [0.25, 0.3) is 0 Å². The van der Waals surface area contributed by atoms with Gasteiger partial charge in [-0.05, 0) is 46.7 Å². The maximum atomic E-state index is 13.3. The number of thioether (sulfide) groups is 1. The molecule has 0 aliphatic carbocycles. The van der Waals surface area contributed by atoms with Crippen molar-refractivity contribution in [2.24, 2.45) is 0 Å². The summed E-state index contributed by atoms with van der Waals surface area (Å²) < 4.78 is 0. The highest BCUT2D eigenvalue weighted by Crippen LogP contribution is 2.37. The van der Waals surface area contributed by atoms with E-state index in [-0.39, 0.29) is 23.7 Å². The minimum atomic E-state index is -0.0805. The van der Waals surface area contributed by atoms with Crippen LogP contribution >= 0.6 is 23.1 Å². The summed E-state index contributed by atoms with van der Waals surface area (Å²) in [7, 11) is 0. The van der Waals surface area contributed by atoms with Crippen LogP contribution in [-0.2, 0) is 4.79 Å². The Kier molecular flexibility index (Phi) is 7.24. The summed E-state index contributed by atoms with van der Waals surface area (Å²) in [6, 6.07) is 25.0. The molecule has 0 aliphatic rings. The molecule has 4 rings (SSSR count). The Morgan fingerprint density at radius 2 is 1.59 bits per heavy atom. The van der Waals surface area contributed by atoms with Gasteiger partial charge in [0.05, 0.1) is 5.56 Å². The Morgan fingerprint density at radius 3 is 2.12 bits per heavy atom. The Hall–Kier alpha value is -4.11. The summed E-state index contributed by atoms with van der Waals surface area (Å²) in [6.45, 7) is 0. The lowest BCUT2D eigenvalue weighted by atomic mass is 9.99. The summed E-state index contributed by atoms with van der Waals surface area (Å²) in [5.41, 5.74) is 9.35. The van der Waals surface area contributed by atoms with Gasteiger partial charge in [0.15, 0.2) is 0 Å². The minimum absolute atomic E-state index is 0.0757. The standard InChI is InChI=1S/C26H19N5OS2/c27-15-21-24(18-11-13-33-17-18)22(16-28)26(30-25(21)29)34-14-12-23(32)31(19-7-3-1-4-8-19)20-9-5-2-6-10-20/h1-11,13,17H,12,14H2,(H2,29,30). The Bertz CT molecular complexity index is 1340. The van der Waals surface area contributed by atoms with E-state index in [4.69, 9.17) is 5.73 Å². The van der Waals surface area contributed by atoms with E-state index in [1.807, 2.05) is 77.5 Å². The van der Waals surface area contributed by atoms with Crippen molar-refractivity contribution in [2.45, 2.75) is 11.4 Å². The van der Waals surface area contributed by atoms with Crippen LogP contribution in [0.5, 0.6) is 0 Å². The van der Waals surface area contributed by atoms with Crippen molar-refractivity contribution < 1.29 is 4.79 Å². The lowest BCUT2D eigenvalue weighted by Crippen LogP contribution is -2.26. The van der Waals surface area contributed by atoms with Gasteiger partial charge in [0.2, 0.25) is 5.91 Å². The molecule has 1 amide bonds. The molecule has 166 valence electrons. The topological polar surface area (TPSA) is 107 Å². The molecule has 0 radical (unpaired) electrons. The number of carbonyl (C=O) groups is 1. The van der Waals surface area contributed by atoms with Crippen molar-refractivity contribution in [2.75, 3.05) is 16.4 Å². The predicted molar refractivity (Wildman–Crippen MR) is 137 cm³/mol. The van der Waals surface area contributed by atoms with Gasteiger partial charge in [-0.15, -0.1) is 11.8 Å². The van der Waals surface area contributed by atoms with Crippen LogP contribution in [0.15, 0.2) is 82.5 Å². The van der Waals surface area contributed by atoms with Crippen molar-refractivity contribution in [3.63, 3.8) is 0 Å². The second kappa shape index (κ2) is 10.7. The van der Waals surface area contributed by atoms with Gasteiger partial charge in [-0.3, -0.25) is 9.69 Å². The number of anilines is 3. The van der Waals surface area contributed by atoms with Crippen LogP contribution in [0, 0.1) is 22.7 Å². The van der Waals surface area contributed by atoms with Crippen molar-refractivity contribution in [3.8, 4) is 23.3 Å². The Morgan fingerprint density at radius 1 is 0.971 bits per heavy atom. The van der Waals surface area contributed by atoms with Crippen LogP contribution in [0.4, 0.5) is 17.2 Å². The minimum Gasteiger partial charge on any atom is -0.383 e. The smallest absolute Gasteiger partial charge is 0.232 e. The number of pyridine rings is 1. The van der Waals surface area contributed by atoms with Gasteiger partial charge >= 0.3 is 0 Å². The number of nitrogens with zero attached hydrogens (tertiary/aromatic N) is 4. The molecule has 2 aromatic carbocycles. The first-order chi connectivity index (χ1) is 16.6. The molecule has 0 spiro atoms. The SMILES string of the molecule is N#Cc1c(N)nc(SCCC(=O)N(c2ccccc2)c2ccccc2)c(C#N)c1-c1ccsc1. The second-order valence-corrected chi connectivity index (χ2v) is 9.03. The molecule has 0 saturated carbocycles. The first-order valence-electron chi connectivity index (χ1n) is 10.4. The first kappa shape index (κ1) is 23.1. The van der Waals surface area contributed by atoms with E-state index in [2.05, 4.69) is 17.1 Å². The highest BCUT2D eigenvalue weighted by atomic mass is 32.2. The largest absolute Gasteiger partial charge is 0.383 e. The van der Waals surface area contributed by atoms with Gasteiger partial charge in [-0.25, -0.2) is 4.98 Å². The molecule has 0 atom stereocenters. The van der Waals surface area contributed by atoms with Gasteiger partial charge in [-0.1, -0.05) is 36.4 Å². The average Bonchev–Trinajstić information content (AvgIpc) is 3.40. The molecule has 0 saturated heterocycles. The summed E-state index contributed by atoms with van der Waals surface area (Å²) in [5, 5.41) is 23.6. The zero-order chi connectivity index (χ0) is 23.9. The number of nitriles is 2. The number of thiophene rings is 1. The number of para-hydroxylation sites is 2. The Balaban J connectivity index is 1.59. The van der Waals surface area contributed by atoms with Crippen molar-refractivity contribution in [1.82, 2.24) is 4.98 Å². The van der Waals surface area contributed by atoms with E-state index in [0.29, 0.717) is 21.9 Å². The summed E-state index contributed by atoms with van der Waals surface area (Å²) in [5.74, 6) is 0.389. The lowest BCUT2D eigenvalue weighted by Gasteiger charge is -2.23. The number of carbonyl (C=O) groups excluding carboxylic acids is 1. The maximum Gasteiger partial charge on any atom is 0.232 e. The van der Waals surface area contributed by atoms with Crippen LogP contribution in [0.2, 0.25) is 0 Å². The number of nitrogen functional groups attached to an aromatic ring is 1. The number of aromatic nitrogens is 1. The first-order valence-corrected chi connectivity index (χ1v) is 12.3. The third-order valence-corrected chi connectivity index (χ3v) is 6.72. The highest BCUT2D eigenvalue weighted by Gasteiger charge is 2.22. The number of hydrogen-bond acceptors (Lipinski definition) is 7. The molecule has 0 bridgehead atoms. The van der Waals surface area contributed by atoms with E-state index in [1.54, 1.807) is 4.90 Å². The zero-order valence-electron chi connectivity index (χ0n) is 18.0. The van der Waals surface area contributed by atoms with Gasteiger partial charge < -0.3 is 5.73 Å². The molecule has 8 heteroatoms. The average molecular weight is 482 g/mol. The van der Waals surface area contributed by atoms with Gasteiger partial charge in [0, 0.05) is 29.1 Å². The predicted octanol–water partition coefficient (Wildman–Crippen LogP) is 5.98. The van der Waals surface area contributed by atoms with Crippen LogP contribution in [0.25, 0.3) is 11.1 Å². The normalized spacial score (nSPS) is 10.3. The molecule has 2 aromatic heterocycles. The van der Waals surface area contributed by atoms with Crippen LogP contribution in [0.3, 0.4) is 0 Å².